The van der Waals surface area contributed by atoms with Gasteiger partial charge in [0.2, 0.25) is 0 Å². The van der Waals surface area contributed by atoms with Gasteiger partial charge in [0.1, 0.15) is 0 Å². The number of nitrogens with one attached hydrogen (secondary N) is 1. The van der Waals surface area contributed by atoms with E-state index in [1.807, 2.05) is 18.5 Å². The number of nitrogens with zero attached hydrogens (tertiary/aromatic N) is 1. The predicted molar refractivity (Wildman–Crippen MR) is 88.5 cm³/mol. The van der Waals surface area contributed by atoms with Gasteiger partial charge in [-0.05, 0) is 77.0 Å². The van der Waals surface area contributed by atoms with Crippen molar-refractivity contribution in [1.82, 2.24) is 10.3 Å². The fraction of sp³-hybridized carbons (Fsp3) is 0.267. The lowest BCUT2D eigenvalue weighted by Crippen LogP contribution is -2.23. The van der Waals surface area contributed by atoms with Crippen LogP contribution in [0.4, 0.5) is 0 Å². The summed E-state index contributed by atoms with van der Waals surface area (Å²) in [5.74, 6) is 0. The number of halogens is 2. The molecule has 1 atom stereocenters. The molecule has 1 aromatic carbocycles. The van der Waals surface area contributed by atoms with Gasteiger partial charge >= 0.3 is 0 Å². The maximum atomic E-state index is 6.12. The highest BCUT2D eigenvalue weighted by Crippen LogP contribution is 2.26. The quantitative estimate of drug-likeness (QED) is 0.778. The molecule has 1 N–H and O–H groups in total. The van der Waals surface area contributed by atoms with Gasteiger partial charge < -0.3 is 5.32 Å². The second kappa shape index (κ2) is 7.22. The summed E-state index contributed by atoms with van der Waals surface area (Å²) in [4.78, 5) is 4.06. The van der Waals surface area contributed by atoms with E-state index in [0.717, 1.165) is 18.0 Å². The molecule has 2 aromatic rings. The Morgan fingerprint density at radius 1 is 1.26 bits per heavy atom. The van der Waals surface area contributed by atoms with E-state index in [0.29, 0.717) is 0 Å². The molecule has 100 valence electrons. The van der Waals surface area contributed by atoms with Crippen molar-refractivity contribution in [1.29, 1.82) is 0 Å². The minimum Gasteiger partial charge on any atom is -0.310 e. The van der Waals surface area contributed by atoms with Gasteiger partial charge in [0, 0.05) is 27.0 Å². The molecule has 0 aliphatic heterocycles. The summed E-state index contributed by atoms with van der Waals surface area (Å²) in [6.45, 7) is 3.05. The highest BCUT2D eigenvalue weighted by molar-refractivity contribution is 14.1. The van der Waals surface area contributed by atoms with Crippen LogP contribution in [0.3, 0.4) is 0 Å². The average Bonchev–Trinajstić information content (AvgIpc) is 2.42. The van der Waals surface area contributed by atoms with Crippen LogP contribution in [0, 0.1) is 3.57 Å². The first-order valence-corrected chi connectivity index (χ1v) is 7.73. The van der Waals surface area contributed by atoms with E-state index in [-0.39, 0.29) is 6.04 Å². The number of hydrogen-bond donors (Lipinski definition) is 1. The Hall–Kier alpha value is -0.650. The van der Waals surface area contributed by atoms with Crippen molar-refractivity contribution in [2.24, 2.45) is 0 Å². The highest BCUT2D eigenvalue weighted by atomic mass is 127. The lowest BCUT2D eigenvalue weighted by atomic mass is 9.99. The van der Waals surface area contributed by atoms with Crippen LogP contribution >= 0.6 is 34.2 Å². The first-order valence-electron chi connectivity index (χ1n) is 6.28. The van der Waals surface area contributed by atoms with Crippen molar-refractivity contribution >= 4 is 34.2 Å². The summed E-state index contributed by atoms with van der Waals surface area (Å²) < 4.78 is 1.24. The number of benzene rings is 1. The van der Waals surface area contributed by atoms with Crippen molar-refractivity contribution < 1.29 is 0 Å². The Morgan fingerprint density at radius 3 is 2.68 bits per heavy atom. The Labute approximate surface area is 132 Å². The van der Waals surface area contributed by atoms with Gasteiger partial charge in [-0.3, -0.25) is 4.98 Å². The van der Waals surface area contributed by atoms with Crippen molar-refractivity contribution in [3.63, 3.8) is 0 Å². The largest absolute Gasteiger partial charge is 0.310 e. The topological polar surface area (TPSA) is 24.9 Å². The van der Waals surface area contributed by atoms with Crippen LogP contribution < -0.4 is 5.32 Å². The van der Waals surface area contributed by atoms with Gasteiger partial charge in [-0.15, -0.1) is 0 Å². The lowest BCUT2D eigenvalue weighted by molar-refractivity contribution is 0.547. The van der Waals surface area contributed by atoms with Gasteiger partial charge in [-0.2, -0.15) is 0 Å². The molecule has 1 aromatic heterocycles. The average molecular weight is 387 g/mol. The summed E-state index contributed by atoms with van der Waals surface area (Å²) in [6.07, 6.45) is 4.61. The molecule has 0 bridgehead atoms. The number of likely N-dealkylation sites (N-methyl/N-ethyl adjacent to an activating group) is 1. The van der Waals surface area contributed by atoms with Crippen LogP contribution in [0.25, 0.3) is 0 Å². The fourth-order valence-electron chi connectivity index (χ4n) is 2.07. The third kappa shape index (κ3) is 4.16. The van der Waals surface area contributed by atoms with E-state index in [1.165, 1.54) is 14.7 Å². The van der Waals surface area contributed by atoms with E-state index >= 15 is 0 Å². The third-order valence-electron chi connectivity index (χ3n) is 2.97. The molecule has 19 heavy (non-hydrogen) atoms. The summed E-state index contributed by atoms with van der Waals surface area (Å²) in [6, 6.07) is 10.4. The summed E-state index contributed by atoms with van der Waals surface area (Å²) in [5, 5.41) is 4.32. The first-order chi connectivity index (χ1) is 9.20. The van der Waals surface area contributed by atoms with Crippen LogP contribution in [0.1, 0.15) is 24.1 Å². The molecule has 0 fully saturated rings. The monoisotopic (exact) mass is 386 g/mol. The molecular formula is C15H16ClIN2. The standard InChI is InChI=1S/C15H16ClIN2/c1-2-19-15(9-11-5-7-18-8-6-11)13-10-12(16)3-4-14(13)17/h3-8,10,15,19H,2,9H2,1H3. The maximum Gasteiger partial charge on any atom is 0.0410 e. The second-order valence-corrected chi connectivity index (χ2v) is 5.93. The van der Waals surface area contributed by atoms with E-state index in [9.17, 15) is 0 Å². The highest BCUT2D eigenvalue weighted by Gasteiger charge is 2.14. The third-order valence-corrected chi connectivity index (χ3v) is 4.19. The Bertz CT molecular complexity index is 531. The maximum absolute atomic E-state index is 6.12. The van der Waals surface area contributed by atoms with E-state index in [4.69, 9.17) is 11.6 Å². The molecule has 0 aliphatic rings. The normalized spacial score (nSPS) is 12.4. The van der Waals surface area contributed by atoms with Gasteiger partial charge in [-0.1, -0.05) is 18.5 Å². The van der Waals surface area contributed by atoms with Gasteiger partial charge in [0.05, 0.1) is 0 Å². The van der Waals surface area contributed by atoms with Crippen molar-refractivity contribution in [3.05, 3.63) is 62.4 Å². The summed E-state index contributed by atoms with van der Waals surface area (Å²) >= 11 is 8.49. The summed E-state index contributed by atoms with van der Waals surface area (Å²) in [5.41, 5.74) is 2.53. The molecule has 0 aliphatic carbocycles. The predicted octanol–water partition coefficient (Wildman–Crippen LogP) is 4.23. The van der Waals surface area contributed by atoms with Crippen LogP contribution in [0.15, 0.2) is 42.7 Å². The molecule has 2 rings (SSSR count). The molecule has 0 saturated carbocycles. The number of pyridine rings is 1. The molecule has 0 amide bonds. The Morgan fingerprint density at radius 2 is 2.00 bits per heavy atom. The van der Waals surface area contributed by atoms with Gasteiger partial charge in [0.25, 0.3) is 0 Å². The molecule has 0 saturated heterocycles. The molecule has 4 heteroatoms. The Balaban J connectivity index is 2.27. The van der Waals surface area contributed by atoms with E-state index < -0.39 is 0 Å². The number of aromatic nitrogens is 1. The zero-order chi connectivity index (χ0) is 13.7. The van der Waals surface area contributed by atoms with Crippen LogP contribution in [-0.4, -0.2) is 11.5 Å². The molecule has 0 spiro atoms. The van der Waals surface area contributed by atoms with Gasteiger partial charge in [-0.25, -0.2) is 0 Å². The molecular weight excluding hydrogens is 371 g/mol. The van der Waals surface area contributed by atoms with E-state index in [2.05, 4.69) is 64.1 Å². The lowest BCUT2D eigenvalue weighted by Gasteiger charge is -2.20. The van der Waals surface area contributed by atoms with E-state index in [1.54, 1.807) is 0 Å². The zero-order valence-electron chi connectivity index (χ0n) is 10.7. The second-order valence-electron chi connectivity index (χ2n) is 4.34. The van der Waals surface area contributed by atoms with Crippen molar-refractivity contribution in [2.45, 2.75) is 19.4 Å². The smallest absolute Gasteiger partial charge is 0.0410 e. The van der Waals surface area contributed by atoms with Crippen LogP contribution in [-0.2, 0) is 6.42 Å². The number of rotatable bonds is 5. The minimum atomic E-state index is 0.276. The SMILES string of the molecule is CCNC(Cc1ccncc1)c1cc(Cl)ccc1I. The number of hydrogen-bond acceptors (Lipinski definition) is 2. The molecule has 0 radical (unpaired) electrons. The van der Waals surface area contributed by atoms with Crippen LogP contribution in [0.5, 0.6) is 0 Å². The molecule has 2 nitrogen and oxygen atoms in total. The zero-order valence-corrected chi connectivity index (χ0v) is 13.6. The van der Waals surface area contributed by atoms with Crippen LogP contribution in [0.2, 0.25) is 5.02 Å². The fourth-order valence-corrected chi connectivity index (χ4v) is 2.97. The Kier molecular flexibility index (Phi) is 5.60. The van der Waals surface area contributed by atoms with Gasteiger partial charge in [0.15, 0.2) is 0 Å². The van der Waals surface area contributed by atoms with Crippen molar-refractivity contribution in [2.75, 3.05) is 6.54 Å². The summed E-state index contributed by atoms with van der Waals surface area (Å²) in [7, 11) is 0. The minimum absolute atomic E-state index is 0.276. The molecule has 1 unspecified atom stereocenters. The molecule has 1 heterocycles. The first kappa shape index (κ1) is 14.8. The van der Waals surface area contributed by atoms with Crippen molar-refractivity contribution in [3.8, 4) is 0 Å².